The normalized spacial score (nSPS) is 14.1. The highest BCUT2D eigenvalue weighted by atomic mass is 16.7. The van der Waals surface area contributed by atoms with Crippen LogP contribution in [0, 0.1) is 0 Å². The van der Waals surface area contributed by atoms with Gasteiger partial charge in [-0.15, -0.1) is 0 Å². The molecule has 0 bridgehead atoms. The van der Waals surface area contributed by atoms with Crippen LogP contribution < -0.4 is 9.47 Å². The Bertz CT molecular complexity index is 489. The van der Waals surface area contributed by atoms with Gasteiger partial charge in [-0.25, -0.2) is 0 Å². The molecule has 1 aromatic carbocycles. The quantitative estimate of drug-likeness (QED) is 0.594. The predicted octanol–water partition coefficient (Wildman–Crippen LogP) is 3.10. The average molecular weight is 338 g/mol. The average Bonchev–Trinajstić information content (AvgIpc) is 3.02. The van der Waals surface area contributed by atoms with E-state index in [1.807, 2.05) is 0 Å². The second-order valence-corrected chi connectivity index (χ2v) is 6.05. The van der Waals surface area contributed by atoms with E-state index in [2.05, 4.69) is 26.0 Å². The van der Waals surface area contributed by atoms with E-state index in [1.54, 1.807) is 0 Å². The summed E-state index contributed by atoms with van der Waals surface area (Å²) in [5.74, 6) is 1.69. The van der Waals surface area contributed by atoms with Crippen molar-refractivity contribution in [2.45, 2.75) is 52.1 Å². The van der Waals surface area contributed by atoms with Gasteiger partial charge in [0.15, 0.2) is 11.5 Å². The number of aliphatic hydroxyl groups is 1. The highest BCUT2D eigenvalue weighted by Crippen LogP contribution is 2.36. The van der Waals surface area contributed by atoms with Crippen LogP contribution in [-0.2, 0) is 22.3 Å². The van der Waals surface area contributed by atoms with Crippen molar-refractivity contribution in [1.29, 1.82) is 0 Å². The molecule has 5 heteroatoms. The summed E-state index contributed by atoms with van der Waals surface area (Å²) < 4.78 is 22.3. The maximum absolute atomic E-state index is 8.72. The van der Waals surface area contributed by atoms with Gasteiger partial charge >= 0.3 is 0 Å². The number of fused-ring (bicyclic) bond motifs is 1. The first-order chi connectivity index (χ1) is 11.8. The second kappa shape index (κ2) is 10.5. The number of benzene rings is 1. The fourth-order valence-corrected chi connectivity index (χ4v) is 2.97. The van der Waals surface area contributed by atoms with Gasteiger partial charge in [-0.1, -0.05) is 26.7 Å². The number of aliphatic hydroxyl groups excluding tert-OH is 1. The van der Waals surface area contributed by atoms with Gasteiger partial charge in [0.1, 0.15) is 0 Å². The lowest BCUT2D eigenvalue weighted by atomic mass is 9.96. The van der Waals surface area contributed by atoms with E-state index in [0.29, 0.717) is 26.6 Å². The maximum atomic E-state index is 8.72. The zero-order chi connectivity index (χ0) is 17.2. The molecule has 24 heavy (non-hydrogen) atoms. The number of rotatable bonds is 12. The van der Waals surface area contributed by atoms with Crippen LogP contribution in [-0.4, -0.2) is 44.4 Å². The molecule has 1 N–H and O–H groups in total. The fraction of sp³-hybridized carbons (Fsp3) is 0.684. The Kier molecular flexibility index (Phi) is 8.36. The first kappa shape index (κ1) is 19.0. The molecular weight excluding hydrogens is 308 g/mol. The van der Waals surface area contributed by atoms with Crippen LogP contribution in [0.25, 0.3) is 0 Å². The molecule has 0 saturated heterocycles. The molecule has 0 spiro atoms. The van der Waals surface area contributed by atoms with Crippen molar-refractivity contribution in [3.05, 3.63) is 23.3 Å². The Balaban J connectivity index is 1.99. The van der Waals surface area contributed by atoms with E-state index in [1.165, 1.54) is 11.1 Å². The number of ether oxygens (including phenoxy) is 4. The van der Waals surface area contributed by atoms with Gasteiger partial charge in [0.2, 0.25) is 6.79 Å². The van der Waals surface area contributed by atoms with Crippen molar-refractivity contribution >= 4 is 0 Å². The molecule has 0 amide bonds. The lowest BCUT2D eigenvalue weighted by molar-refractivity contribution is -0.00536. The largest absolute Gasteiger partial charge is 0.454 e. The molecule has 1 heterocycles. The maximum Gasteiger partial charge on any atom is 0.231 e. The van der Waals surface area contributed by atoms with Crippen molar-refractivity contribution in [3.8, 4) is 11.5 Å². The van der Waals surface area contributed by atoms with Gasteiger partial charge in [-0.2, -0.15) is 0 Å². The van der Waals surface area contributed by atoms with Gasteiger partial charge in [-0.05, 0) is 42.5 Å². The highest BCUT2D eigenvalue weighted by molar-refractivity contribution is 5.49. The van der Waals surface area contributed by atoms with E-state index in [9.17, 15) is 0 Å². The third-order valence-electron chi connectivity index (χ3n) is 4.09. The van der Waals surface area contributed by atoms with Gasteiger partial charge in [0, 0.05) is 0 Å². The smallest absolute Gasteiger partial charge is 0.231 e. The van der Waals surface area contributed by atoms with Crippen molar-refractivity contribution < 1.29 is 24.1 Å². The van der Waals surface area contributed by atoms with Gasteiger partial charge in [0.25, 0.3) is 0 Å². The summed E-state index contributed by atoms with van der Waals surface area (Å²) in [6.07, 6.45) is 5.27. The first-order valence-electron chi connectivity index (χ1n) is 9.00. The highest BCUT2D eigenvalue weighted by Gasteiger charge is 2.19. The molecule has 0 aromatic heterocycles. The Labute approximate surface area is 144 Å². The van der Waals surface area contributed by atoms with E-state index in [-0.39, 0.29) is 12.7 Å². The third kappa shape index (κ3) is 5.65. The van der Waals surface area contributed by atoms with Crippen molar-refractivity contribution in [2.75, 3.05) is 33.2 Å². The summed E-state index contributed by atoms with van der Waals surface area (Å²) in [6, 6.07) is 4.23. The van der Waals surface area contributed by atoms with E-state index < -0.39 is 0 Å². The predicted molar refractivity (Wildman–Crippen MR) is 92.8 cm³/mol. The summed E-state index contributed by atoms with van der Waals surface area (Å²) in [4.78, 5) is 0. The minimum Gasteiger partial charge on any atom is -0.454 e. The molecule has 0 radical (unpaired) electrons. The van der Waals surface area contributed by atoms with Crippen LogP contribution in [0.15, 0.2) is 12.1 Å². The van der Waals surface area contributed by atoms with Crippen LogP contribution in [0.2, 0.25) is 0 Å². The van der Waals surface area contributed by atoms with E-state index in [4.69, 9.17) is 24.1 Å². The first-order valence-corrected chi connectivity index (χ1v) is 9.00. The van der Waals surface area contributed by atoms with Crippen molar-refractivity contribution in [2.24, 2.45) is 0 Å². The van der Waals surface area contributed by atoms with Gasteiger partial charge in [-0.3, -0.25) is 0 Å². The minimum absolute atomic E-state index is 0.0516. The van der Waals surface area contributed by atoms with Gasteiger partial charge < -0.3 is 24.1 Å². The topological polar surface area (TPSA) is 57.2 Å². The molecule has 5 nitrogen and oxygen atoms in total. The van der Waals surface area contributed by atoms with Crippen LogP contribution in [0.3, 0.4) is 0 Å². The molecule has 1 aromatic rings. The molecule has 0 saturated carbocycles. The molecule has 1 unspecified atom stereocenters. The Morgan fingerprint density at radius 1 is 1.04 bits per heavy atom. The molecule has 1 aliphatic heterocycles. The molecule has 0 fully saturated rings. The molecule has 136 valence electrons. The van der Waals surface area contributed by atoms with Crippen LogP contribution in [0.5, 0.6) is 11.5 Å². The SMILES string of the molecule is CCCc1cc2c(cc1CC(CCC)OCCOCCO)OCO2. The summed E-state index contributed by atoms with van der Waals surface area (Å²) in [5, 5.41) is 8.72. The standard InChI is InChI=1S/C19H30O5/c1-3-5-15-12-18-19(24-14-23-18)13-16(15)11-17(6-4-2)22-10-9-21-8-7-20/h12-13,17,20H,3-11,14H2,1-2H3. The Hall–Kier alpha value is -1.30. The Morgan fingerprint density at radius 2 is 1.79 bits per heavy atom. The zero-order valence-electron chi connectivity index (χ0n) is 14.9. The van der Waals surface area contributed by atoms with Crippen molar-refractivity contribution in [1.82, 2.24) is 0 Å². The van der Waals surface area contributed by atoms with E-state index in [0.717, 1.165) is 43.6 Å². The molecule has 1 aliphatic rings. The lowest BCUT2D eigenvalue weighted by Crippen LogP contribution is -2.20. The third-order valence-corrected chi connectivity index (χ3v) is 4.09. The monoisotopic (exact) mass is 338 g/mol. The summed E-state index contributed by atoms with van der Waals surface area (Å²) in [6.45, 7) is 6.15. The molecule has 2 rings (SSSR count). The summed E-state index contributed by atoms with van der Waals surface area (Å²) in [5.41, 5.74) is 2.61. The number of aryl methyl sites for hydroxylation is 1. The summed E-state index contributed by atoms with van der Waals surface area (Å²) >= 11 is 0. The van der Waals surface area contributed by atoms with Gasteiger partial charge in [0.05, 0.1) is 32.5 Å². The molecule has 1 atom stereocenters. The van der Waals surface area contributed by atoms with E-state index >= 15 is 0 Å². The number of hydrogen-bond donors (Lipinski definition) is 1. The Morgan fingerprint density at radius 3 is 2.46 bits per heavy atom. The molecular formula is C19H30O5. The number of hydrogen-bond acceptors (Lipinski definition) is 5. The second-order valence-electron chi connectivity index (χ2n) is 6.05. The lowest BCUT2D eigenvalue weighted by Gasteiger charge is -2.20. The van der Waals surface area contributed by atoms with Crippen molar-refractivity contribution in [3.63, 3.8) is 0 Å². The fourth-order valence-electron chi connectivity index (χ4n) is 2.97. The van der Waals surface area contributed by atoms with Crippen LogP contribution >= 0.6 is 0 Å². The van der Waals surface area contributed by atoms with Crippen LogP contribution in [0.4, 0.5) is 0 Å². The molecule has 0 aliphatic carbocycles. The van der Waals surface area contributed by atoms with Crippen LogP contribution in [0.1, 0.15) is 44.2 Å². The zero-order valence-corrected chi connectivity index (χ0v) is 14.9. The minimum atomic E-state index is 0.0516. The summed E-state index contributed by atoms with van der Waals surface area (Å²) in [7, 11) is 0.